The number of carbonyl (C=O) groups is 2. The lowest BCUT2D eigenvalue weighted by Crippen LogP contribution is -2.40. The number of fused-ring (bicyclic) bond motifs is 1. The number of benzene rings is 1. The van der Waals surface area contributed by atoms with E-state index < -0.39 is 18.1 Å². The Labute approximate surface area is 125 Å². The van der Waals surface area contributed by atoms with Gasteiger partial charge in [0.15, 0.2) is 0 Å². The number of thiophene rings is 1. The Morgan fingerprint density at radius 2 is 2.05 bits per heavy atom. The predicted molar refractivity (Wildman–Crippen MR) is 79.6 cm³/mol. The molecule has 0 bridgehead atoms. The second-order valence-corrected chi connectivity index (χ2v) is 6.31. The van der Waals surface area contributed by atoms with Gasteiger partial charge in [-0.05, 0) is 23.9 Å². The van der Waals surface area contributed by atoms with Gasteiger partial charge in [0.05, 0.1) is 11.0 Å². The van der Waals surface area contributed by atoms with E-state index in [2.05, 4.69) is 0 Å². The summed E-state index contributed by atoms with van der Waals surface area (Å²) in [6, 6.07) is 6.77. The summed E-state index contributed by atoms with van der Waals surface area (Å²) < 4.78 is 1.00. The van der Waals surface area contributed by atoms with E-state index in [1.165, 1.54) is 16.2 Å². The highest BCUT2D eigenvalue weighted by Gasteiger charge is 2.40. The fraction of sp³-hybridized carbons (Fsp3) is 0.333. The third-order valence-electron chi connectivity index (χ3n) is 3.86. The van der Waals surface area contributed by atoms with Crippen LogP contribution in [-0.4, -0.2) is 45.7 Å². The van der Waals surface area contributed by atoms with Gasteiger partial charge in [-0.25, -0.2) is 4.79 Å². The summed E-state index contributed by atoms with van der Waals surface area (Å²) in [7, 11) is 0. The number of carboxylic acids is 1. The molecule has 1 aromatic heterocycles. The average Bonchev–Trinajstić information content (AvgIpc) is 3.00. The Bertz CT molecular complexity index is 724. The first-order chi connectivity index (χ1) is 9.99. The Kier molecular flexibility index (Phi) is 3.43. The first-order valence-electron chi connectivity index (χ1n) is 6.69. The number of aliphatic carboxylic acids is 1. The van der Waals surface area contributed by atoms with Crippen molar-refractivity contribution in [3.05, 3.63) is 34.7 Å². The maximum absolute atomic E-state index is 12.7. The molecule has 2 heterocycles. The van der Waals surface area contributed by atoms with Gasteiger partial charge in [0.2, 0.25) is 0 Å². The fourth-order valence-corrected chi connectivity index (χ4v) is 3.95. The van der Waals surface area contributed by atoms with Crippen molar-refractivity contribution < 1.29 is 19.8 Å². The Hall–Kier alpha value is -1.92. The molecule has 1 saturated heterocycles. The molecular formula is C15H15NO4S. The van der Waals surface area contributed by atoms with Crippen molar-refractivity contribution in [2.45, 2.75) is 25.5 Å². The van der Waals surface area contributed by atoms with Crippen LogP contribution in [0.4, 0.5) is 0 Å². The van der Waals surface area contributed by atoms with Gasteiger partial charge in [-0.15, -0.1) is 11.3 Å². The van der Waals surface area contributed by atoms with Crippen LogP contribution >= 0.6 is 11.3 Å². The van der Waals surface area contributed by atoms with E-state index in [9.17, 15) is 19.8 Å². The molecule has 1 aromatic carbocycles. The van der Waals surface area contributed by atoms with Gasteiger partial charge >= 0.3 is 5.97 Å². The molecule has 2 atom stereocenters. The molecule has 1 aliphatic heterocycles. The van der Waals surface area contributed by atoms with E-state index in [0.717, 1.165) is 15.6 Å². The molecule has 2 aromatic rings. The van der Waals surface area contributed by atoms with Crippen LogP contribution in [0.5, 0.6) is 0 Å². The van der Waals surface area contributed by atoms with E-state index in [-0.39, 0.29) is 18.9 Å². The number of amides is 1. The molecule has 1 aliphatic rings. The molecule has 5 nitrogen and oxygen atoms in total. The minimum Gasteiger partial charge on any atom is -0.480 e. The van der Waals surface area contributed by atoms with Gasteiger partial charge in [-0.3, -0.25) is 4.79 Å². The van der Waals surface area contributed by atoms with Crippen LogP contribution in [0.3, 0.4) is 0 Å². The number of rotatable bonds is 2. The molecule has 0 unspecified atom stereocenters. The van der Waals surface area contributed by atoms with Crippen molar-refractivity contribution in [2.24, 2.45) is 0 Å². The highest BCUT2D eigenvalue weighted by Crippen LogP contribution is 2.33. The maximum atomic E-state index is 12.7. The summed E-state index contributed by atoms with van der Waals surface area (Å²) in [6.45, 7) is 1.94. The highest BCUT2D eigenvalue weighted by atomic mass is 32.1. The van der Waals surface area contributed by atoms with Crippen LogP contribution in [0, 0.1) is 6.92 Å². The zero-order valence-corrected chi connectivity index (χ0v) is 12.3. The molecule has 3 rings (SSSR count). The third kappa shape index (κ3) is 2.30. The molecule has 0 spiro atoms. The minimum atomic E-state index is -1.07. The SMILES string of the molecule is Cc1c(C(=O)N2C[C@@H](O)C[C@H]2C(=O)O)sc2ccccc12. The van der Waals surface area contributed by atoms with Crippen LogP contribution in [0.25, 0.3) is 10.1 Å². The Balaban J connectivity index is 2.00. The van der Waals surface area contributed by atoms with Crippen molar-refractivity contribution in [1.29, 1.82) is 0 Å². The van der Waals surface area contributed by atoms with Gasteiger partial charge in [0, 0.05) is 17.7 Å². The van der Waals surface area contributed by atoms with Crippen LogP contribution in [0.1, 0.15) is 21.7 Å². The maximum Gasteiger partial charge on any atom is 0.326 e. The van der Waals surface area contributed by atoms with Crippen LogP contribution in [-0.2, 0) is 4.79 Å². The van der Waals surface area contributed by atoms with Gasteiger partial charge in [0.25, 0.3) is 5.91 Å². The van der Waals surface area contributed by atoms with Crippen molar-refractivity contribution in [3.8, 4) is 0 Å². The van der Waals surface area contributed by atoms with E-state index in [1.807, 2.05) is 31.2 Å². The van der Waals surface area contributed by atoms with Crippen LogP contribution < -0.4 is 0 Å². The molecular weight excluding hydrogens is 290 g/mol. The minimum absolute atomic E-state index is 0.0729. The number of aliphatic hydroxyl groups is 1. The lowest BCUT2D eigenvalue weighted by Gasteiger charge is -2.20. The van der Waals surface area contributed by atoms with Crippen molar-refractivity contribution in [3.63, 3.8) is 0 Å². The number of nitrogens with zero attached hydrogens (tertiary/aromatic N) is 1. The topological polar surface area (TPSA) is 77.8 Å². The van der Waals surface area contributed by atoms with Crippen molar-refractivity contribution in [1.82, 2.24) is 4.90 Å². The lowest BCUT2D eigenvalue weighted by molar-refractivity contribution is -0.141. The summed E-state index contributed by atoms with van der Waals surface area (Å²) in [5.41, 5.74) is 0.867. The number of aliphatic hydroxyl groups excluding tert-OH is 1. The number of carboxylic acid groups (broad SMARTS) is 1. The normalized spacial score (nSPS) is 21.9. The number of aryl methyl sites for hydroxylation is 1. The first-order valence-corrected chi connectivity index (χ1v) is 7.50. The van der Waals surface area contributed by atoms with Gasteiger partial charge in [-0.1, -0.05) is 18.2 Å². The fourth-order valence-electron chi connectivity index (χ4n) is 2.78. The second kappa shape index (κ2) is 5.13. The van der Waals surface area contributed by atoms with E-state index in [1.54, 1.807) is 0 Å². The zero-order chi connectivity index (χ0) is 15.1. The molecule has 21 heavy (non-hydrogen) atoms. The number of likely N-dealkylation sites (tertiary alicyclic amines) is 1. The van der Waals surface area contributed by atoms with Gasteiger partial charge in [0.1, 0.15) is 6.04 Å². The summed E-state index contributed by atoms with van der Waals surface area (Å²) in [4.78, 5) is 25.7. The summed E-state index contributed by atoms with van der Waals surface area (Å²) in [5.74, 6) is -1.38. The molecule has 0 radical (unpaired) electrons. The number of carbonyl (C=O) groups excluding carboxylic acids is 1. The first kappa shape index (κ1) is 14.0. The number of hydrogen-bond donors (Lipinski definition) is 2. The molecule has 2 N–H and O–H groups in total. The quantitative estimate of drug-likeness (QED) is 0.888. The molecule has 6 heteroatoms. The third-order valence-corrected chi connectivity index (χ3v) is 5.12. The number of hydrogen-bond acceptors (Lipinski definition) is 4. The zero-order valence-electron chi connectivity index (χ0n) is 11.4. The van der Waals surface area contributed by atoms with Gasteiger partial charge < -0.3 is 15.1 Å². The molecule has 1 amide bonds. The second-order valence-electron chi connectivity index (χ2n) is 5.25. The van der Waals surface area contributed by atoms with Gasteiger partial charge in [-0.2, -0.15) is 0 Å². The number of β-amino-alcohol motifs (C(OH)–C–C–N with tert-alkyl or cyclic N) is 1. The molecule has 0 aliphatic carbocycles. The highest BCUT2D eigenvalue weighted by molar-refractivity contribution is 7.21. The van der Waals surface area contributed by atoms with E-state index >= 15 is 0 Å². The van der Waals surface area contributed by atoms with Crippen LogP contribution in [0.2, 0.25) is 0 Å². The predicted octanol–water partition coefficient (Wildman–Crippen LogP) is 1.87. The molecule has 1 fully saturated rings. The smallest absolute Gasteiger partial charge is 0.326 e. The Morgan fingerprint density at radius 3 is 2.71 bits per heavy atom. The molecule has 0 saturated carbocycles. The standard InChI is InChI=1S/C15H15NO4S/c1-8-10-4-2-3-5-12(10)21-13(8)14(18)16-7-9(17)6-11(16)15(19)20/h2-5,9,11,17H,6-7H2,1H3,(H,19,20)/t9-,11-/m0/s1. The summed E-state index contributed by atoms with van der Waals surface area (Å²) in [6.07, 6.45) is -0.685. The van der Waals surface area contributed by atoms with Crippen molar-refractivity contribution >= 4 is 33.3 Å². The average molecular weight is 305 g/mol. The van der Waals surface area contributed by atoms with E-state index in [0.29, 0.717) is 4.88 Å². The monoisotopic (exact) mass is 305 g/mol. The Morgan fingerprint density at radius 1 is 1.33 bits per heavy atom. The summed E-state index contributed by atoms with van der Waals surface area (Å²) in [5, 5.41) is 19.9. The van der Waals surface area contributed by atoms with Crippen molar-refractivity contribution in [2.75, 3.05) is 6.54 Å². The van der Waals surface area contributed by atoms with E-state index in [4.69, 9.17) is 0 Å². The summed E-state index contributed by atoms with van der Waals surface area (Å²) >= 11 is 1.37. The lowest BCUT2D eigenvalue weighted by atomic mass is 10.1. The van der Waals surface area contributed by atoms with Crippen LogP contribution in [0.15, 0.2) is 24.3 Å². The molecule has 110 valence electrons. The largest absolute Gasteiger partial charge is 0.480 e.